The van der Waals surface area contributed by atoms with Gasteiger partial charge in [-0.1, -0.05) is 13.0 Å². The van der Waals surface area contributed by atoms with Crippen molar-refractivity contribution in [2.45, 2.75) is 46.1 Å². The van der Waals surface area contributed by atoms with Gasteiger partial charge in [-0.2, -0.15) is 9.50 Å². The van der Waals surface area contributed by atoms with Crippen molar-refractivity contribution >= 4 is 29.2 Å². The first-order chi connectivity index (χ1) is 18.9. The van der Waals surface area contributed by atoms with Crippen LogP contribution < -0.4 is 15.8 Å². The molecule has 0 unspecified atom stereocenters. The predicted octanol–water partition coefficient (Wildman–Crippen LogP) is 0.906. The monoisotopic (exact) mass is 536 g/mol. The van der Waals surface area contributed by atoms with E-state index < -0.39 is 5.91 Å². The number of aldehydes is 1. The Balaban J connectivity index is 1.44. The summed E-state index contributed by atoms with van der Waals surface area (Å²) in [5.74, 6) is 0.163. The summed E-state index contributed by atoms with van der Waals surface area (Å²) in [6.07, 6.45) is 6.82. The van der Waals surface area contributed by atoms with Crippen molar-refractivity contribution in [1.29, 1.82) is 0 Å². The second-order valence-corrected chi connectivity index (χ2v) is 9.75. The van der Waals surface area contributed by atoms with Crippen LogP contribution in [0.25, 0.3) is 11.4 Å². The number of amides is 1. The van der Waals surface area contributed by atoms with Crippen molar-refractivity contribution in [2.75, 3.05) is 37.7 Å². The Morgan fingerprint density at radius 2 is 2.18 bits per heavy atom. The van der Waals surface area contributed by atoms with Crippen molar-refractivity contribution in [3.05, 3.63) is 45.7 Å². The maximum Gasteiger partial charge on any atom is 0.299 e. The van der Waals surface area contributed by atoms with Gasteiger partial charge in [0.2, 0.25) is 5.78 Å². The van der Waals surface area contributed by atoms with Gasteiger partial charge in [-0.3, -0.25) is 9.59 Å². The zero-order chi connectivity index (χ0) is 27.5. The lowest BCUT2D eigenvalue weighted by Gasteiger charge is -2.35. The van der Waals surface area contributed by atoms with Gasteiger partial charge in [-0.25, -0.2) is 9.97 Å². The molecule has 206 valence electrons. The molecule has 1 saturated heterocycles. The molecule has 0 aromatic carbocycles. The third-order valence-corrected chi connectivity index (χ3v) is 7.27. The van der Waals surface area contributed by atoms with E-state index in [9.17, 15) is 19.5 Å². The number of anilines is 1. The SMILES string of the molecule is CCc1c(N2CCC[C@@H](CNC(=O)c3ncnc(C)c3O)C2)c(=O)n2nc(C3=CCOCC3)nc2n1CC=O. The molecule has 2 aliphatic rings. The molecule has 0 spiro atoms. The second-order valence-electron chi connectivity index (χ2n) is 9.75. The molecule has 3 aromatic rings. The maximum atomic E-state index is 13.8. The maximum absolute atomic E-state index is 13.8. The lowest BCUT2D eigenvalue weighted by Crippen LogP contribution is -2.44. The topological polar surface area (TPSA) is 157 Å². The first-order valence-electron chi connectivity index (χ1n) is 13.2. The highest BCUT2D eigenvalue weighted by molar-refractivity contribution is 5.94. The summed E-state index contributed by atoms with van der Waals surface area (Å²) in [5, 5.41) is 17.6. The zero-order valence-corrected chi connectivity index (χ0v) is 22.1. The lowest BCUT2D eigenvalue weighted by molar-refractivity contribution is -0.108. The molecule has 13 nitrogen and oxygen atoms in total. The summed E-state index contributed by atoms with van der Waals surface area (Å²) < 4.78 is 8.46. The molecule has 1 fully saturated rings. The number of carbonyl (C=O) groups excluding carboxylic acids is 2. The summed E-state index contributed by atoms with van der Waals surface area (Å²) >= 11 is 0. The lowest BCUT2D eigenvalue weighted by atomic mass is 9.97. The molecule has 0 saturated carbocycles. The van der Waals surface area contributed by atoms with Crippen LogP contribution >= 0.6 is 0 Å². The number of carbonyl (C=O) groups is 2. The van der Waals surface area contributed by atoms with Crippen molar-refractivity contribution in [1.82, 2.24) is 34.4 Å². The standard InChI is InChI=1S/C26H32N8O5/c1-3-19-21(25(38)34-26(33(19)9-10-35)30-23(31-34)18-6-11-39-12-7-18)32-8-4-5-17(14-32)13-27-24(37)20-22(36)16(2)28-15-29-20/h6,10,15,17,36H,3-5,7-9,11-14H2,1-2H3,(H,27,37)/t17-/m0/s1. The summed E-state index contributed by atoms with van der Waals surface area (Å²) in [7, 11) is 0. The molecule has 0 aliphatic carbocycles. The summed E-state index contributed by atoms with van der Waals surface area (Å²) in [6, 6.07) is 0. The fraction of sp³-hybridized carbons (Fsp3) is 0.500. The molecule has 3 aromatic heterocycles. The molecule has 1 atom stereocenters. The Bertz CT molecular complexity index is 1490. The first-order valence-corrected chi connectivity index (χ1v) is 13.2. The highest BCUT2D eigenvalue weighted by Crippen LogP contribution is 2.26. The normalized spacial score (nSPS) is 17.7. The van der Waals surface area contributed by atoms with Gasteiger partial charge in [0, 0.05) is 19.6 Å². The number of piperidine rings is 1. The number of nitrogens with one attached hydrogen (secondary N) is 1. The molecule has 0 bridgehead atoms. The fourth-order valence-corrected chi connectivity index (χ4v) is 5.28. The second kappa shape index (κ2) is 11.3. The predicted molar refractivity (Wildman–Crippen MR) is 142 cm³/mol. The number of fused-ring (bicyclic) bond motifs is 1. The van der Waals surface area contributed by atoms with E-state index in [1.54, 1.807) is 11.5 Å². The van der Waals surface area contributed by atoms with Crippen LogP contribution in [0.5, 0.6) is 5.75 Å². The van der Waals surface area contributed by atoms with Gasteiger partial charge in [0.15, 0.2) is 17.3 Å². The van der Waals surface area contributed by atoms with E-state index in [0.717, 1.165) is 30.4 Å². The number of nitrogens with zero attached hydrogens (tertiary/aromatic N) is 7. The van der Waals surface area contributed by atoms with Gasteiger partial charge in [0.05, 0.1) is 31.1 Å². The smallest absolute Gasteiger partial charge is 0.299 e. The number of hydrogen-bond donors (Lipinski definition) is 2. The van der Waals surface area contributed by atoms with Crippen LogP contribution in [0.3, 0.4) is 0 Å². The Labute approximate surface area is 224 Å². The van der Waals surface area contributed by atoms with Gasteiger partial charge in [0.1, 0.15) is 18.3 Å². The number of ether oxygens (including phenoxy) is 1. The van der Waals surface area contributed by atoms with Crippen LogP contribution in [0.4, 0.5) is 5.69 Å². The van der Waals surface area contributed by atoms with Gasteiger partial charge in [0.25, 0.3) is 11.5 Å². The number of hydrogen-bond acceptors (Lipinski definition) is 10. The Morgan fingerprint density at radius 1 is 1.33 bits per heavy atom. The van der Waals surface area contributed by atoms with E-state index in [2.05, 4.69) is 25.4 Å². The van der Waals surface area contributed by atoms with Gasteiger partial charge in [-0.05, 0) is 44.1 Å². The molecule has 2 aliphatic heterocycles. The molecule has 5 rings (SSSR count). The van der Waals surface area contributed by atoms with Crippen LogP contribution in [0.2, 0.25) is 0 Å². The Morgan fingerprint density at radius 3 is 2.92 bits per heavy atom. The summed E-state index contributed by atoms with van der Waals surface area (Å²) in [4.78, 5) is 52.7. The zero-order valence-electron chi connectivity index (χ0n) is 22.1. The fourth-order valence-electron chi connectivity index (χ4n) is 5.28. The average Bonchev–Trinajstić information content (AvgIpc) is 3.41. The highest BCUT2D eigenvalue weighted by Gasteiger charge is 2.29. The Kier molecular flexibility index (Phi) is 7.68. The van der Waals surface area contributed by atoms with Crippen LogP contribution in [-0.4, -0.2) is 79.3 Å². The summed E-state index contributed by atoms with van der Waals surface area (Å²) in [5.41, 5.74) is 2.14. The quantitative estimate of drug-likeness (QED) is 0.397. The first kappa shape index (κ1) is 26.5. The van der Waals surface area contributed by atoms with Gasteiger partial charge >= 0.3 is 0 Å². The van der Waals surface area contributed by atoms with Gasteiger partial charge < -0.3 is 29.4 Å². The van der Waals surface area contributed by atoms with E-state index in [1.165, 1.54) is 10.8 Å². The van der Waals surface area contributed by atoms with Crippen molar-refractivity contribution in [2.24, 2.45) is 5.92 Å². The highest BCUT2D eigenvalue weighted by atomic mass is 16.5. The molecule has 39 heavy (non-hydrogen) atoms. The third kappa shape index (κ3) is 5.13. The Hall–Kier alpha value is -4.13. The van der Waals surface area contributed by atoms with Crippen molar-refractivity contribution < 1.29 is 19.4 Å². The average molecular weight is 537 g/mol. The number of aryl methyl sites for hydroxylation is 1. The van der Waals surface area contributed by atoms with Crippen LogP contribution in [0, 0.1) is 12.8 Å². The van der Waals surface area contributed by atoms with E-state index in [-0.39, 0.29) is 29.5 Å². The van der Waals surface area contributed by atoms with Crippen LogP contribution in [0.1, 0.15) is 53.9 Å². The van der Waals surface area contributed by atoms with E-state index in [1.807, 2.05) is 17.9 Å². The van der Waals surface area contributed by atoms with Gasteiger partial charge in [-0.15, -0.1) is 5.10 Å². The molecule has 1 amide bonds. The number of aromatic nitrogens is 6. The van der Waals surface area contributed by atoms with E-state index >= 15 is 0 Å². The van der Waals surface area contributed by atoms with Crippen LogP contribution in [0.15, 0.2) is 17.2 Å². The molecular formula is C26H32N8O5. The molecule has 2 N–H and O–H groups in total. The number of aromatic hydroxyl groups is 1. The summed E-state index contributed by atoms with van der Waals surface area (Å²) in [6.45, 7) is 6.19. The number of rotatable bonds is 8. The molecule has 0 radical (unpaired) electrons. The third-order valence-electron chi connectivity index (χ3n) is 7.27. The minimum absolute atomic E-state index is 0.0510. The minimum Gasteiger partial charge on any atom is -0.504 e. The van der Waals surface area contributed by atoms with E-state index in [0.29, 0.717) is 68.7 Å². The molecule has 13 heteroatoms. The van der Waals surface area contributed by atoms with E-state index in [4.69, 9.17) is 4.74 Å². The molecule has 5 heterocycles. The van der Waals surface area contributed by atoms with Crippen molar-refractivity contribution in [3.63, 3.8) is 0 Å². The largest absolute Gasteiger partial charge is 0.504 e. The van der Waals surface area contributed by atoms with Crippen molar-refractivity contribution in [3.8, 4) is 5.75 Å². The molecular weight excluding hydrogens is 504 g/mol. The minimum atomic E-state index is -0.475. The van der Waals surface area contributed by atoms with Crippen LogP contribution in [-0.2, 0) is 22.5 Å².